The van der Waals surface area contributed by atoms with Gasteiger partial charge in [0.2, 0.25) is 5.91 Å². The number of aldehydes is 1. The van der Waals surface area contributed by atoms with Crippen molar-refractivity contribution >= 4 is 24.7 Å². The molecule has 0 aliphatic carbocycles. The second-order valence-electron chi connectivity index (χ2n) is 3.61. The molecule has 3 N–H and O–H groups in total. The Morgan fingerprint density at radius 1 is 1.62 bits per heavy atom. The maximum Gasteiger partial charge on any atom is 0.220 e. The van der Waals surface area contributed by atoms with Crippen LogP contribution in [0.3, 0.4) is 0 Å². The van der Waals surface area contributed by atoms with Crippen molar-refractivity contribution in [3.05, 3.63) is 0 Å². The summed E-state index contributed by atoms with van der Waals surface area (Å²) in [6, 6.07) is -0.463. The van der Waals surface area contributed by atoms with Gasteiger partial charge in [-0.05, 0) is 12.8 Å². The van der Waals surface area contributed by atoms with E-state index in [1.54, 1.807) is 6.21 Å². The molecule has 0 radical (unpaired) electrons. The molecule has 0 fully saturated rings. The number of amides is 1. The SMILES string of the molecule is NC(C=O)CCC(=O)NCCC1C=NC=N1. The van der Waals surface area contributed by atoms with E-state index in [0.717, 1.165) is 6.42 Å². The Morgan fingerprint density at radius 2 is 2.44 bits per heavy atom. The standard InChI is InChI=1S/C10H16N4O2/c11-8(6-15)1-2-10(16)13-4-3-9-5-12-7-14-9/h5-9H,1-4,11H2,(H,13,16). The first-order chi connectivity index (χ1) is 7.72. The van der Waals surface area contributed by atoms with Gasteiger partial charge < -0.3 is 15.8 Å². The minimum atomic E-state index is -0.544. The summed E-state index contributed by atoms with van der Waals surface area (Å²) in [7, 11) is 0. The Morgan fingerprint density at radius 3 is 3.06 bits per heavy atom. The number of nitrogens with two attached hydrogens (primary N) is 1. The highest BCUT2D eigenvalue weighted by atomic mass is 16.1. The Bertz CT molecular complexity index is 289. The Labute approximate surface area is 94.0 Å². The van der Waals surface area contributed by atoms with E-state index in [4.69, 9.17) is 5.73 Å². The summed E-state index contributed by atoms with van der Waals surface area (Å²) in [6.45, 7) is 0.559. The van der Waals surface area contributed by atoms with Gasteiger partial charge in [-0.15, -0.1) is 0 Å². The molecule has 6 nitrogen and oxygen atoms in total. The van der Waals surface area contributed by atoms with Gasteiger partial charge >= 0.3 is 0 Å². The average Bonchev–Trinajstić information content (AvgIpc) is 2.79. The molecule has 0 spiro atoms. The van der Waals surface area contributed by atoms with Crippen LogP contribution in [0.5, 0.6) is 0 Å². The fourth-order valence-corrected chi connectivity index (χ4v) is 1.26. The first-order valence-electron chi connectivity index (χ1n) is 5.25. The smallest absolute Gasteiger partial charge is 0.220 e. The number of nitrogens with one attached hydrogen (secondary N) is 1. The van der Waals surface area contributed by atoms with Crippen molar-refractivity contribution in [3.8, 4) is 0 Å². The van der Waals surface area contributed by atoms with Gasteiger partial charge in [0.15, 0.2) is 0 Å². The molecule has 88 valence electrons. The fourth-order valence-electron chi connectivity index (χ4n) is 1.26. The molecule has 0 saturated heterocycles. The first-order valence-corrected chi connectivity index (χ1v) is 5.25. The molecule has 1 heterocycles. The van der Waals surface area contributed by atoms with Crippen molar-refractivity contribution in [2.24, 2.45) is 15.7 Å². The number of rotatable bonds is 7. The van der Waals surface area contributed by atoms with Gasteiger partial charge in [-0.3, -0.25) is 9.79 Å². The molecule has 6 heteroatoms. The molecular weight excluding hydrogens is 208 g/mol. The quantitative estimate of drug-likeness (QED) is 0.558. The highest BCUT2D eigenvalue weighted by Crippen LogP contribution is 1.98. The van der Waals surface area contributed by atoms with Crippen LogP contribution in [-0.4, -0.2) is 43.4 Å². The number of hydrogen-bond donors (Lipinski definition) is 2. The molecule has 1 aliphatic heterocycles. The number of nitrogens with zero attached hydrogens (tertiary/aromatic N) is 2. The van der Waals surface area contributed by atoms with Gasteiger partial charge in [0, 0.05) is 19.2 Å². The van der Waals surface area contributed by atoms with E-state index in [-0.39, 0.29) is 18.4 Å². The molecule has 16 heavy (non-hydrogen) atoms. The normalized spacial score (nSPS) is 19.7. The van der Waals surface area contributed by atoms with Crippen LogP contribution in [0.2, 0.25) is 0 Å². The lowest BCUT2D eigenvalue weighted by Gasteiger charge is -2.07. The lowest BCUT2D eigenvalue weighted by Crippen LogP contribution is -2.29. The zero-order valence-electron chi connectivity index (χ0n) is 9.00. The minimum absolute atomic E-state index is 0.0810. The minimum Gasteiger partial charge on any atom is -0.356 e. The molecule has 0 bridgehead atoms. The molecule has 0 saturated carbocycles. The number of carbonyl (C=O) groups excluding carboxylic acids is 2. The van der Waals surface area contributed by atoms with Crippen LogP contribution in [0, 0.1) is 0 Å². The second-order valence-corrected chi connectivity index (χ2v) is 3.61. The monoisotopic (exact) mass is 224 g/mol. The predicted molar refractivity (Wildman–Crippen MR) is 61.7 cm³/mol. The highest BCUT2D eigenvalue weighted by Gasteiger charge is 2.08. The van der Waals surface area contributed by atoms with E-state index in [0.29, 0.717) is 19.3 Å². The lowest BCUT2D eigenvalue weighted by atomic mass is 10.2. The summed E-state index contributed by atoms with van der Waals surface area (Å²) in [5.41, 5.74) is 5.36. The molecule has 0 aromatic heterocycles. The van der Waals surface area contributed by atoms with Crippen molar-refractivity contribution < 1.29 is 9.59 Å². The summed E-state index contributed by atoms with van der Waals surface area (Å²) in [4.78, 5) is 29.4. The van der Waals surface area contributed by atoms with E-state index < -0.39 is 6.04 Å². The van der Waals surface area contributed by atoms with Crippen molar-refractivity contribution in [1.82, 2.24) is 5.32 Å². The van der Waals surface area contributed by atoms with Crippen LogP contribution < -0.4 is 11.1 Å². The first kappa shape index (κ1) is 12.5. The third kappa shape index (κ3) is 4.79. The number of carbonyl (C=O) groups is 2. The summed E-state index contributed by atoms with van der Waals surface area (Å²) in [5.74, 6) is -0.0868. The molecule has 1 aliphatic rings. The van der Waals surface area contributed by atoms with Crippen molar-refractivity contribution in [3.63, 3.8) is 0 Å². The van der Waals surface area contributed by atoms with Crippen LogP contribution in [0.4, 0.5) is 0 Å². The Hall–Kier alpha value is -1.56. The van der Waals surface area contributed by atoms with Gasteiger partial charge in [0.05, 0.1) is 12.1 Å². The molecule has 1 amide bonds. The zero-order valence-corrected chi connectivity index (χ0v) is 9.00. The van der Waals surface area contributed by atoms with E-state index in [1.807, 2.05) is 0 Å². The van der Waals surface area contributed by atoms with E-state index >= 15 is 0 Å². The van der Waals surface area contributed by atoms with Crippen LogP contribution in [0.25, 0.3) is 0 Å². The third-order valence-electron chi connectivity index (χ3n) is 2.22. The summed E-state index contributed by atoms with van der Waals surface area (Å²) in [5, 5.41) is 2.74. The molecule has 2 atom stereocenters. The van der Waals surface area contributed by atoms with Crippen LogP contribution in [0.1, 0.15) is 19.3 Å². The Balaban J connectivity index is 2.03. The van der Waals surface area contributed by atoms with Gasteiger partial charge in [0.1, 0.15) is 12.6 Å². The molecule has 0 aromatic rings. The molecule has 0 aromatic carbocycles. The van der Waals surface area contributed by atoms with Crippen LogP contribution in [0.15, 0.2) is 9.98 Å². The Kier molecular flexibility index (Phi) is 5.35. The molecule has 1 rings (SSSR count). The fraction of sp³-hybridized carbons (Fsp3) is 0.600. The largest absolute Gasteiger partial charge is 0.356 e. The number of hydrogen-bond acceptors (Lipinski definition) is 5. The molecule has 2 unspecified atom stereocenters. The third-order valence-corrected chi connectivity index (χ3v) is 2.22. The predicted octanol–water partition coefficient (Wildman–Crippen LogP) is -0.720. The second kappa shape index (κ2) is 6.84. The number of aliphatic imine (C=N–C) groups is 2. The van der Waals surface area contributed by atoms with Crippen molar-refractivity contribution in [1.29, 1.82) is 0 Å². The van der Waals surface area contributed by atoms with Crippen LogP contribution >= 0.6 is 0 Å². The maximum atomic E-state index is 11.3. The lowest BCUT2D eigenvalue weighted by molar-refractivity contribution is -0.121. The van der Waals surface area contributed by atoms with Gasteiger partial charge in [0.25, 0.3) is 0 Å². The summed E-state index contributed by atoms with van der Waals surface area (Å²) >= 11 is 0. The summed E-state index contributed by atoms with van der Waals surface area (Å²) in [6.07, 6.45) is 5.31. The molecular formula is C10H16N4O2. The van der Waals surface area contributed by atoms with Crippen LogP contribution in [-0.2, 0) is 9.59 Å². The van der Waals surface area contributed by atoms with Crippen molar-refractivity contribution in [2.75, 3.05) is 6.54 Å². The summed E-state index contributed by atoms with van der Waals surface area (Å²) < 4.78 is 0. The van der Waals surface area contributed by atoms with Gasteiger partial charge in [-0.1, -0.05) is 0 Å². The topological polar surface area (TPSA) is 96.9 Å². The van der Waals surface area contributed by atoms with E-state index in [9.17, 15) is 9.59 Å². The zero-order chi connectivity index (χ0) is 11.8. The van der Waals surface area contributed by atoms with Crippen molar-refractivity contribution in [2.45, 2.75) is 31.3 Å². The van der Waals surface area contributed by atoms with E-state index in [1.165, 1.54) is 6.34 Å². The average molecular weight is 224 g/mol. The van der Waals surface area contributed by atoms with E-state index in [2.05, 4.69) is 15.3 Å². The van der Waals surface area contributed by atoms with Gasteiger partial charge in [-0.2, -0.15) is 0 Å². The highest BCUT2D eigenvalue weighted by molar-refractivity contribution is 5.82. The van der Waals surface area contributed by atoms with Gasteiger partial charge in [-0.25, -0.2) is 4.99 Å². The maximum absolute atomic E-state index is 11.3.